The van der Waals surface area contributed by atoms with Gasteiger partial charge in [-0.2, -0.15) is 0 Å². The van der Waals surface area contributed by atoms with Crippen LogP contribution in [-0.2, 0) is 4.74 Å². The highest BCUT2D eigenvalue weighted by atomic mass is 28.3. The van der Waals surface area contributed by atoms with Gasteiger partial charge in [0, 0.05) is 7.11 Å². The van der Waals surface area contributed by atoms with Crippen LogP contribution < -0.4 is 10.4 Å². The quantitative estimate of drug-likeness (QED) is 0.734. The van der Waals surface area contributed by atoms with Gasteiger partial charge in [-0.1, -0.05) is 103 Å². The lowest BCUT2D eigenvalue weighted by Crippen LogP contribution is -2.58. The maximum Gasteiger partial charge on any atom is 0.164 e. The summed E-state index contributed by atoms with van der Waals surface area (Å²) < 4.78 is 6.13. The minimum Gasteiger partial charge on any atom is -0.370 e. The summed E-state index contributed by atoms with van der Waals surface area (Å²) in [5, 5.41) is 2.87. The van der Waals surface area contributed by atoms with Gasteiger partial charge >= 0.3 is 0 Å². The van der Waals surface area contributed by atoms with Gasteiger partial charge in [0.1, 0.15) is 5.60 Å². The van der Waals surface area contributed by atoms with Crippen molar-refractivity contribution in [2.75, 3.05) is 7.11 Å². The molecule has 1 nitrogen and oxygen atoms in total. The molecule has 2 aliphatic rings. The minimum atomic E-state index is -2.04. The summed E-state index contributed by atoms with van der Waals surface area (Å²) in [6.45, 7) is 0. The van der Waals surface area contributed by atoms with Crippen molar-refractivity contribution < 1.29 is 4.74 Å². The molecule has 2 aromatic carbocycles. The molecule has 1 saturated carbocycles. The molecular formula is C24H28OSi. The Balaban J connectivity index is 1.77. The Kier molecular flexibility index (Phi) is 4.97. The first-order valence-electron chi connectivity index (χ1n) is 9.86. The third-order valence-electron chi connectivity index (χ3n) is 6.31. The van der Waals surface area contributed by atoms with Crippen LogP contribution in [-0.4, -0.2) is 20.8 Å². The number of methoxy groups -OCH3 is 1. The molecule has 1 fully saturated rings. The molecule has 0 amide bonds. The van der Waals surface area contributed by atoms with E-state index in [0.29, 0.717) is 5.92 Å². The van der Waals surface area contributed by atoms with Crippen molar-refractivity contribution in [2.24, 2.45) is 5.92 Å². The molecule has 1 aliphatic heterocycles. The average Bonchev–Trinajstić information content (AvgIpc) is 2.76. The first-order chi connectivity index (χ1) is 12.8. The van der Waals surface area contributed by atoms with Crippen molar-refractivity contribution in [1.29, 1.82) is 0 Å². The fraction of sp³-hybridized carbons (Fsp3) is 0.333. The third-order valence-corrected chi connectivity index (χ3v) is 10.3. The van der Waals surface area contributed by atoms with Gasteiger partial charge in [0.05, 0.1) is 0 Å². The van der Waals surface area contributed by atoms with E-state index in [0.717, 1.165) is 0 Å². The zero-order valence-corrected chi connectivity index (χ0v) is 16.6. The standard InChI is InChI=1S/C24H28OSi/c1-25-24(21-11-5-2-6-12-21)17-19-26(20-18-24,22-13-7-3-8-14-22)23-15-9-4-10-16-23/h3-4,7-10,13-21H,2,5-6,11-12H2,1H3. The van der Waals surface area contributed by atoms with Gasteiger partial charge in [-0.25, -0.2) is 0 Å². The Morgan fingerprint density at radius 2 is 1.27 bits per heavy atom. The van der Waals surface area contributed by atoms with Crippen LogP contribution in [0.3, 0.4) is 0 Å². The van der Waals surface area contributed by atoms with Crippen molar-refractivity contribution >= 4 is 18.4 Å². The van der Waals surface area contributed by atoms with E-state index in [2.05, 4.69) is 84.2 Å². The van der Waals surface area contributed by atoms with Gasteiger partial charge in [-0.05, 0) is 29.1 Å². The van der Waals surface area contributed by atoms with Gasteiger partial charge in [0.25, 0.3) is 0 Å². The number of hydrogen-bond donors (Lipinski definition) is 0. The van der Waals surface area contributed by atoms with Crippen LogP contribution in [0.2, 0.25) is 0 Å². The van der Waals surface area contributed by atoms with Crippen LogP contribution >= 0.6 is 0 Å². The molecule has 0 N–H and O–H groups in total. The summed E-state index contributed by atoms with van der Waals surface area (Å²) in [6, 6.07) is 22.0. The van der Waals surface area contributed by atoms with E-state index in [1.165, 1.54) is 42.5 Å². The number of rotatable bonds is 4. The second-order valence-corrected chi connectivity index (χ2v) is 11.2. The summed E-state index contributed by atoms with van der Waals surface area (Å²) in [6.07, 6.45) is 11.4. The molecule has 1 aliphatic carbocycles. The number of benzene rings is 2. The lowest BCUT2D eigenvalue weighted by Gasteiger charge is -2.41. The van der Waals surface area contributed by atoms with Gasteiger partial charge in [-0.15, -0.1) is 0 Å². The van der Waals surface area contributed by atoms with E-state index in [-0.39, 0.29) is 5.60 Å². The molecule has 0 atom stereocenters. The van der Waals surface area contributed by atoms with Gasteiger partial charge < -0.3 is 4.74 Å². The third kappa shape index (κ3) is 3.02. The van der Waals surface area contributed by atoms with E-state index in [9.17, 15) is 0 Å². The molecule has 0 unspecified atom stereocenters. The normalized spacial score (nSPS) is 21.6. The zero-order chi connectivity index (χ0) is 17.9. The van der Waals surface area contributed by atoms with E-state index in [1.54, 1.807) is 0 Å². The summed E-state index contributed by atoms with van der Waals surface area (Å²) >= 11 is 0. The molecular weight excluding hydrogens is 332 g/mol. The smallest absolute Gasteiger partial charge is 0.164 e. The predicted octanol–water partition coefficient (Wildman–Crippen LogP) is 4.42. The summed E-state index contributed by atoms with van der Waals surface area (Å²) in [5.41, 5.74) is 4.80. The second kappa shape index (κ2) is 7.38. The van der Waals surface area contributed by atoms with E-state index >= 15 is 0 Å². The van der Waals surface area contributed by atoms with Crippen LogP contribution in [0.4, 0.5) is 0 Å². The van der Waals surface area contributed by atoms with Crippen LogP contribution in [0.15, 0.2) is 84.2 Å². The maximum atomic E-state index is 6.13. The van der Waals surface area contributed by atoms with Crippen molar-refractivity contribution in [3.05, 3.63) is 84.2 Å². The molecule has 4 rings (SSSR count). The summed E-state index contributed by atoms with van der Waals surface area (Å²) in [5.74, 6) is 0.604. The second-order valence-electron chi connectivity index (χ2n) is 7.66. The average molecular weight is 361 g/mol. The molecule has 2 heteroatoms. The Labute approximate surface area is 158 Å². The largest absolute Gasteiger partial charge is 0.370 e. The minimum absolute atomic E-state index is 0.222. The van der Waals surface area contributed by atoms with Crippen molar-refractivity contribution in [2.45, 2.75) is 37.7 Å². The lowest BCUT2D eigenvalue weighted by molar-refractivity contribution is 0.00781. The summed E-state index contributed by atoms with van der Waals surface area (Å²) in [4.78, 5) is 0. The molecule has 26 heavy (non-hydrogen) atoms. The predicted molar refractivity (Wildman–Crippen MR) is 113 cm³/mol. The first-order valence-corrected chi connectivity index (χ1v) is 12.0. The molecule has 0 saturated heterocycles. The monoisotopic (exact) mass is 360 g/mol. The molecule has 1 heterocycles. The summed E-state index contributed by atoms with van der Waals surface area (Å²) in [7, 11) is -0.167. The van der Waals surface area contributed by atoms with Crippen molar-refractivity contribution in [3.63, 3.8) is 0 Å². The molecule has 134 valence electrons. The van der Waals surface area contributed by atoms with Crippen LogP contribution in [0.5, 0.6) is 0 Å². The molecule has 2 aromatic rings. The Morgan fingerprint density at radius 3 is 1.73 bits per heavy atom. The van der Waals surface area contributed by atoms with Gasteiger partial charge in [-0.3, -0.25) is 0 Å². The Bertz CT molecular complexity index is 717. The first kappa shape index (κ1) is 17.5. The Hall–Kier alpha value is -1.90. The van der Waals surface area contributed by atoms with Crippen LogP contribution in [0.25, 0.3) is 0 Å². The highest BCUT2D eigenvalue weighted by molar-refractivity contribution is 7.09. The molecule has 0 aromatic heterocycles. The number of ether oxygens (including phenoxy) is 1. The molecule has 0 bridgehead atoms. The number of hydrogen-bond acceptors (Lipinski definition) is 1. The van der Waals surface area contributed by atoms with Crippen LogP contribution in [0, 0.1) is 5.92 Å². The fourth-order valence-corrected chi connectivity index (χ4v) is 8.49. The van der Waals surface area contributed by atoms with E-state index < -0.39 is 8.07 Å². The van der Waals surface area contributed by atoms with Crippen LogP contribution in [0.1, 0.15) is 32.1 Å². The topological polar surface area (TPSA) is 9.23 Å². The van der Waals surface area contributed by atoms with E-state index in [1.807, 2.05) is 7.11 Å². The highest BCUT2D eigenvalue weighted by Gasteiger charge is 2.42. The maximum absolute atomic E-state index is 6.13. The Morgan fingerprint density at radius 1 is 0.769 bits per heavy atom. The van der Waals surface area contributed by atoms with Gasteiger partial charge in [0.15, 0.2) is 8.07 Å². The van der Waals surface area contributed by atoms with Crippen molar-refractivity contribution in [3.8, 4) is 0 Å². The lowest BCUT2D eigenvalue weighted by atomic mass is 9.76. The van der Waals surface area contributed by atoms with Gasteiger partial charge in [0.2, 0.25) is 0 Å². The molecule has 0 spiro atoms. The zero-order valence-electron chi connectivity index (χ0n) is 15.6. The SMILES string of the molecule is COC1(C2CCCCC2)C=C[Si](c2ccccc2)(c2ccccc2)C=C1. The van der Waals surface area contributed by atoms with E-state index in [4.69, 9.17) is 4.74 Å². The fourth-order valence-electron chi connectivity index (χ4n) is 4.74. The highest BCUT2D eigenvalue weighted by Crippen LogP contribution is 2.39. The van der Waals surface area contributed by atoms with Crippen molar-refractivity contribution in [1.82, 2.24) is 0 Å². The molecule has 0 radical (unpaired) electrons.